The number of ether oxygens (including phenoxy) is 4. The van der Waals surface area contributed by atoms with Crippen molar-refractivity contribution in [2.45, 2.75) is 38.3 Å². The van der Waals surface area contributed by atoms with E-state index in [1.807, 2.05) is 0 Å². The number of thioether (sulfide) groups is 2. The molecule has 6 nitrogen and oxygen atoms in total. The average molecular weight is 467 g/mol. The predicted octanol–water partition coefficient (Wildman–Crippen LogP) is 2.95. The van der Waals surface area contributed by atoms with Crippen LogP contribution in [0.5, 0.6) is 0 Å². The van der Waals surface area contributed by atoms with Crippen LogP contribution in [0.1, 0.15) is 25.7 Å². The largest absolute Gasteiger partial charge is 0.354 e. The van der Waals surface area contributed by atoms with Crippen LogP contribution in [0.25, 0.3) is 0 Å². The maximum atomic E-state index is 5.61. The van der Waals surface area contributed by atoms with E-state index in [2.05, 4.69) is 9.80 Å². The molecule has 0 aromatic heterocycles. The van der Waals surface area contributed by atoms with Crippen molar-refractivity contribution in [1.82, 2.24) is 9.80 Å². The van der Waals surface area contributed by atoms with Crippen molar-refractivity contribution in [2.24, 2.45) is 0 Å². The Hall–Kier alpha value is 0.320. The molecule has 3 saturated heterocycles. The first-order chi connectivity index (χ1) is 13.7. The summed E-state index contributed by atoms with van der Waals surface area (Å²) in [5.41, 5.74) is 0. The van der Waals surface area contributed by atoms with Gasteiger partial charge in [0, 0.05) is 50.5 Å². The van der Waals surface area contributed by atoms with E-state index in [0.29, 0.717) is 0 Å². The maximum absolute atomic E-state index is 5.61. The molecule has 3 rings (SSSR count). The zero-order valence-electron chi connectivity index (χ0n) is 16.2. The molecule has 0 atom stereocenters. The molecule has 0 radical (unpaired) electrons. The van der Waals surface area contributed by atoms with E-state index in [1.165, 1.54) is 0 Å². The van der Waals surface area contributed by atoms with E-state index >= 15 is 0 Å². The fraction of sp³-hybridized carbons (Fsp3) is 0.889. The molecule has 3 fully saturated rings. The first-order valence-corrected chi connectivity index (χ1v) is 12.8. The minimum atomic E-state index is -0.0558. The van der Waals surface area contributed by atoms with Crippen molar-refractivity contribution in [3.63, 3.8) is 0 Å². The maximum Gasteiger partial charge on any atom is 0.158 e. The molecule has 0 aromatic rings. The van der Waals surface area contributed by atoms with Crippen molar-refractivity contribution in [3.8, 4) is 0 Å². The van der Waals surface area contributed by atoms with Gasteiger partial charge in [0.15, 0.2) is 12.6 Å². The van der Waals surface area contributed by atoms with Gasteiger partial charge in [-0.3, -0.25) is 0 Å². The molecule has 3 aliphatic rings. The van der Waals surface area contributed by atoms with Crippen LogP contribution in [0.3, 0.4) is 0 Å². The van der Waals surface area contributed by atoms with Gasteiger partial charge in [-0.25, -0.2) is 0 Å². The van der Waals surface area contributed by atoms with Gasteiger partial charge in [0.05, 0.1) is 26.4 Å². The van der Waals surface area contributed by atoms with Gasteiger partial charge in [0.1, 0.15) is 8.64 Å². The summed E-state index contributed by atoms with van der Waals surface area (Å²) in [6.45, 7) is 6.94. The third-order valence-electron chi connectivity index (χ3n) is 4.75. The summed E-state index contributed by atoms with van der Waals surface area (Å²) in [5.74, 6) is 1.87. The zero-order chi connectivity index (χ0) is 19.6. The SMILES string of the molecule is S=C(SCCC1OCCCO1)N1CCN(C(=S)SCCC2OCCCO2)CC1. The van der Waals surface area contributed by atoms with Crippen LogP contribution in [0.2, 0.25) is 0 Å². The van der Waals surface area contributed by atoms with Crippen molar-refractivity contribution < 1.29 is 18.9 Å². The van der Waals surface area contributed by atoms with E-state index < -0.39 is 0 Å². The summed E-state index contributed by atoms with van der Waals surface area (Å²) in [6.07, 6.45) is 3.66. The Morgan fingerprint density at radius 3 is 1.39 bits per heavy atom. The van der Waals surface area contributed by atoms with Crippen LogP contribution in [0.15, 0.2) is 0 Å². The molecular formula is C18H30N2O4S4. The standard InChI is InChI=1S/C18H30N2O4S4/c25-17(27-13-3-15-21-9-1-10-22-15)19-5-7-20(8-6-19)18(26)28-14-4-16-23-11-2-12-24-16/h15-16H,1-14H2. The second kappa shape index (κ2) is 12.9. The molecule has 0 N–H and O–H groups in total. The Labute approximate surface area is 187 Å². The summed E-state index contributed by atoms with van der Waals surface area (Å²) >= 11 is 14.7. The van der Waals surface area contributed by atoms with Gasteiger partial charge in [0.25, 0.3) is 0 Å². The molecular weight excluding hydrogens is 436 g/mol. The lowest BCUT2D eigenvalue weighted by Crippen LogP contribution is -2.48. The normalized spacial score (nSPS) is 22.4. The van der Waals surface area contributed by atoms with Crippen LogP contribution >= 0.6 is 48.0 Å². The summed E-state index contributed by atoms with van der Waals surface area (Å²) in [6, 6.07) is 0. The lowest BCUT2D eigenvalue weighted by Gasteiger charge is -2.37. The first-order valence-electron chi connectivity index (χ1n) is 10.0. The van der Waals surface area contributed by atoms with Gasteiger partial charge >= 0.3 is 0 Å². The van der Waals surface area contributed by atoms with Crippen LogP contribution in [0, 0.1) is 0 Å². The molecule has 0 aromatic carbocycles. The van der Waals surface area contributed by atoms with Crippen LogP contribution in [-0.4, -0.2) is 95.1 Å². The Bertz CT molecular complexity index is 450. The molecule has 0 bridgehead atoms. The van der Waals surface area contributed by atoms with Crippen molar-refractivity contribution in [2.75, 3.05) is 64.1 Å². The fourth-order valence-corrected chi connectivity index (χ4v) is 5.71. The summed E-state index contributed by atoms with van der Waals surface area (Å²) in [5, 5.41) is 0. The second-order valence-corrected chi connectivity index (χ2v) is 10.3. The van der Waals surface area contributed by atoms with Crippen LogP contribution in [-0.2, 0) is 18.9 Å². The molecule has 28 heavy (non-hydrogen) atoms. The van der Waals surface area contributed by atoms with Gasteiger partial charge in [0.2, 0.25) is 0 Å². The number of nitrogens with zero attached hydrogens (tertiary/aromatic N) is 2. The van der Waals surface area contributed by atoms with E-state index in [-0.39, 0.29) is 12.6 Å². The van der Waals surface area contributed by atoms with Gasteiger partial charge in [-0.05, 0) is 12.8 Å². The van der Waals surface area contributed by atoms with Gasteiger partial charge in [-0.15, -0.1) is 0 Å². The molecule has 0 unspecified atom stereocenters. The van der Waals surface area contributed by atoms with Crippen LogP contribution in [0.4, 0.5) is 0 Å². The minimum absolute atomic E-state index is 0.0558. The summed E-state index contributed by atoms with van der Waals surface area (Å²) in [7, 11) is 0. The Morgan fingerprint density at radius 1 is 0.679 bits per heavy atom. The third kappa shape index (κ3) is 7.86. The molecule has 3 aliphatic heterocycles. The highest BCUT2D eigenvalue weighted by molar-refractivity contribution is 8.23. The summed E-state index contributed by atoms with van der Waals surface area (Å²) < 4.78 is 24.3. The number of hydrogen-bond acceptors (Lipinski definition) is 8. The predicted molar refractivity (Wildman–Crippen MR) is 123 cm³/mol. The van der Waals surface area contributed by atoms with E-state index in [1.54, 1.807) is 23.5 Å². The van der Waals surface area contributed by atoms with Gasteiger partial charge in [-0.1, -0.05) is 48.0 Å². The molecule has 160 valence electrons. The van der Waals surface area contributed by atoms with Crippen molar-refractivity contribution in [3.05, 3.63) is 0 Å². The third-order valence-corrected chi connectivity index (χ3v) is 7.86. The Balaban J connectivity index is 1.25. The van der Waals surface area contributed by atoms with Gasteiger partial charge < -0.3 is 28.7 Å². The molecule has 3 heterocycles. The lowest BCUT2D eigenvalue weighted by atomic mass is 10.4. The fourth-order valence-electron chi connectivity index (χ4n) is 3.15. The summed E-state index contributed by atoms with van der Waals surface area (Å²) in [4.78, 5) is 4.58. The second-order valence-electron chi connectivity index (χ2n) is 6.83. The molecule has 0 spiro atoms. The first kappa shape index (κ1) is 23.0. The smallest absolute Gasteiger partial charge is 0.158 e. The highest BCUT2D eigenvalue weighted by Gasteiger charge is 2.22. The van der Waals surface area contributed by atoms with E-state index in [4.69, 9.17) is 43.4 Å². The number of rotatable bonds is 6. The Kier molecular flexibility index (Phi) is 10.6. The minimum Gasteiger partial charge on any atom is -0.354 e. The topological polar surface area (TPSA) is 43.4 Å². The molecule has 0 saturated carbocycles. The van der Waals surface area contributed by atoms with Crippen molar-refractivity contribution >= 4 is 56.6 Å². The lowest BCUT2D eigenvalue weighted by molar-refractivity contribution is -0.178. The zero-order valence-corrected chi connectivity index (χ0v) is 19.5. The average Bonchev–Trinajstić information content (AvgIpc) is 2.75. The van der Waals surface area contributed by atoms with E-state index in [9.17, 15) is 0 Å². The van der Waals surface area contributed by atoms with Crippen molar-refractivity contribution in [1.29, 1.82) is 0 Å². The Morgan fingerprint density at radius 2 is 1.04 bits per heavy atom. The molecule has 10 heteroatoms. The number of thiocarbonyl (C=S) groups is 2. The number of hydrogen-bond donors (Lipinski definition) is 0. The monoisotopic (exact) mass is 466 g/mol. The van der Waals surface area contributed by atoms with Gasteiger partial charge in [-0.2, -0.15) is 0 Å². The quantitative estimate of drug-likeness (QED) is 0.546. The highest BCUT2D eigenvalue weighted by Crippen LogP contribution is 2.20. The number of piperazine rings is 1. The van der Waals surface area contributed by atoms with E-state index in [0.717, 1.165) is 98.4 Å². The molecule has 0 aliphatic carbocycles. The highest BCUT2D eigenvalue weighted by atomic mass is 32.2. The van der Waals surface area contributed by atoms with Crippen LogP contribution < -0.4 is 0 Å². The molecule has 0 amide bonds.